The fraction of sp³-hybridized carbons (Fsp3) is 0.0370. The maximum atomic E-state index is 3.27. The monoisotopic (exact) mass is 406 g/mol. The van der Waals surface area contributed by atoms with E-state index in [0.29, 0.717) is 0 Å². The molecular formula is C27H20P2. The topological polar surface area (TPSA) is 0 Å². The van der Waals surface area contributed by atoms with Gasteiger partial charge in [0.2, 0.25) is 0 Å². The van der Waals surface area contributed by atoms with Crippen LogP contribution >= 0.6 is 18.5 Å². The van der Waals surface area contributed by atoms with Gasteiger partial charge in [0.05, 0.1) is 0 Å². The maximum absolute atomic E-state index is 3.27. The highest BCUT2D eigenvalue weighted by atomic mass is 31.0. The van der Waals surface area contributed by atoms with Gasteiger partial charge in [-0.2, -0.15) is 0 Å². The Kier molecular flexibility index (Phi) is 6.09. The summed E-state index contributed by atoms with van der Waals surface area (Å²) in [7, 11) is 5.43. The number of hydrogen-bond acceptors (Lipinski definition) is 0. The highest BCUT2D eigenvalue weighted by Crippen LogP contribution is 2.18. The van der Waals surface area contributed by atoms with E-state index in [9.17, 15) is 0 Å². The highest BCUT2D eigenvalue weighted by molar-refractivity contribution is 7.27. The van der Waals surface area contributed by atoms with E-state index in [1.807, 2.05) is 12.1 Å². The summed E-state index contributed by atoms with van der Waals surface area (Å²) in [5.41, 5.74) is 5.39. The van der Waals surface area contributed by atoms with Crippen molar-refractivity contribution in [1.82, 2.24) is 0 Å². The Morgan fingerprint density at radius 1 is 0.517 bits per heavy atom. The standard InChI is InChI=1S/C27H20P2/c28-19-24-7-3-20(4-8-24)1-5-22-9-13-26-18-23(10-14-25(26)17-22)6-2-21-11-15-27(29)16-12-21/h3-4,7-18H,19,28-29H2. The average Bonchev–Trinajstić information content (AvgIpc) is 2.77. The predicted molar refractivity (Wildman–Crippen MR) is 132 cm³/mol. The lowest BCUT2D eigenvalue weighted by molar-refractivity contribution is 1.41. The largest absolute Gasteiger partial charge is 0.133 e. The van der Waals surface area contributed by atoms with Crippen molar-refractivity contribution in [2.45, 2.75) is 6.16 Å². The van der Waals surface area contributed by atoms with Crippen molar-refractivity contribution in [3.8, 4) is 23.7 Å². The maximum Gasteiger partial charge on any atom is 0.0255 e. The van der Waals surface area contributed by atoms with Gasteiger partial charge in [0.15, 0.2) is 0 Å². The molecule has 0 amide bonds. The first kappa shape index (κ1) is 19.4. The summed E-state index contributed by atoms with van der Waals surface area (Å²) in [5, 5.41) is 3.51. The summed E-state index contributed by atoms with van der Waals surface area (Å²) < 4.78 is 0. The summed E-state index contributed by atoms with van der Waals surface area (Å²) in [4.78, 5) is 0. The van der Waals surface area contributed by atoms with Gasteiger partial charge in [0, 0.05) is 22.3 Å². The van der Waals surface area contributed by atoms with Crippen molar-refractivity contribution in [3.05, 3.63) is 113 Å². The van der Waals surface area contributed by atoms with Crippen LogP contribution < -0.4 is 5.30 Å². The quantitative estimate of drug-likeness (QED) is 0.289. The van der Waals surface area contributed by atoms with Crippen molar-refractivity contribution in [3.63, 3.8) is 0 Å². The Morgan fingerprint density at radius 2 is 0.931 bits per heavy atom. The van der Waals surface area contributed by atoms with Gasteiger partial charge in [0.1, 0.15) is 0 Å². The van der Waals surface area contributed by atoms with Gasteiger partial charge in [-0.3, -0.25) is 0 Å². The third-order valence-electron chi connectivity index (χ3n) is 4.64. The molecule has 0 saturated heterocycles. The van der Waals surface area contributed by atoms with Crippen LogP contribution in [0.1, 0.15) is 27.8 Å². The molecule has 0 bridgehead atoms. The molecule has 0 aliphatic heterocycles. The van der Waals surface area contributed by atoms with E-state index < -0.39 is 0 Å². The van der Waals surface area contributed by atoms with Crippen molar-refractivity contribution in [1.29, 1.82) is 0 Å². The summed E-state index contributed by atoms with van der Waals surface area (Å²) in [5.74, 6) is 13.0. The minimum absolute atomic E-state index is 0.967. The molecule has 2 heteroatoms. The van der Waals surface area contributed by atoms with E-state index in [2.05, 4.69) is 115 Å². The number of rotatable bonds is 1. The molecular weight excluding hydrogens is 386 g/mol. The third kappa shape index (κ3) is 5.14. The molecule has 0 nitrogen and oxygen atoms in total. The molecule has 2 atom stereocenters. The van der Waals surface area contributed by atoms with Gasteiger partial charge in [-0.1, -0.05) is 60.1 Å². The molecule has 4 aromatic carbocycles. The zero-order valence-electron chi connectivity index (χ0n) is 15.9. The first-order chi connectivity index (χ1) is 14.2. The Hall–Kier alpha value is -2.88. The Labute approximate surface area is 177 Å². The smallest absolute Gasteiger partial charge is 0.0255 e. The van der Waals surface area contributed by atoms with Crippen LogP contribution in [0.2, 0.25) is 0 Å². The lowest BCUT2D eigenvalue weighted by Gasteiger charge is -2.00. The third-order valence-corrected chi connectivity index (χ3v) is 5.50. The molecule has 0 aliphatic rings. The van der Waals surface area contributed by atoms with E-state index >= 15 is 0 Å². The first-order valence-corrected chi connectivity index (χ1v) is 10.8. The number of benzene rings is 4. The lowest BCUT2D eigenvalue weighted by Crippen LogP contribution is -1.87. The average molecular weight is 406 g/mol. The van der Waals surface area contributed by atoms with E-state index in [1.54, 1.807) is 0 Å². The second-order valence-electron chi connectivity index (χ2n) is 6.80. The zero-order chi connectivity index (χ0) is 20.1. The van der Waals surface area contributed by atoms with E-state index in [0.717, 1.165) is 33.7 Å². The second kappa shape index (κ2) is 9.08. The Balaban J connectivity index is 1.56. The molecule has 0 spiro atoms. The molecule has 138 valence electrons. The Bertz CT molecular complexity index is 1280. The second-order valence-corrected chi connectivity index (χ2v) is 7.87. The van der Waals surface area contributed by atoms with Crippen LogP contribution in [0, 0.1) is 23.7 Å². The summed E-state index contributed by atoms with van der Waals surface area (Å²) >= 11 is 0. The molecule has 0 fully saturated rings. The van der Waals surface area contributed by atoms with E-state index in [-0.39, 0.29) is 0 Å². The zero-order valence-corrected chi connectivity index (χ0v) is 18.3. The van der Waals surface area contributed by atoms with Crippen LogP contribution in [0.5, 0.6) is 0 Å². The number of fused-ring (bicyclic) bond motifs is 1. The van der Waals surface area contributed by atoms with Crippen molar-refractivity contribution in [2.75, 3.05) is 0 Å². The van der Waals surface area contributed by atoms with Crippen molar-refractivity contribution >= 4 is 34.6 Å². The van der Waals surface area contributed by atoms with Crippen LogP contribution in [-0.2, 0) is 6.16 Å². The molecule has 29 heavy (non-hydrogen) atoms. The van der Waals surface area contributed by atoms with Crippen LogP contribution in [0.4, 0.5) is 0 Å². The van der Waals surface area contributed by atoms with Crippen LogP contribution in [-0.4, -0.2) is 0 Å². The number of hydrogen-bond donors (Lipinski definition) is 0. The SMILES string of the molecule is PCc1ccc(C#Cc2ccc3cc(C#Cc4ccc(P)cc4)ccc3c2)cc1. The highest BCUT2D eigenvalue weighted by Gasteiger charge is 1.97. The minimum Gasteiger partial charge on any atom is -0.133 e. The Morgan fingerprint density at radius 3 is 1.41 bits per heavy atom. The molecule has 0 heterocycles. The first-order valence-electron chi connectivity index (χ1n) is 9.42. The molecule has 0 aliphatic carbocycles. The predicted octanol–water partition coefficient (Wildman–Crippen LogP) is 5.51. The van der Waals surface area contributed by atoms with Gasteiger partial charge in [0.25, 0.3) is 0 Å². The molecule has 0 saturated carbocycles. The van der Waals surface area contributed by atoms with Gasteiger partial charge in [-0.15, -0.1) is 18.5 Å². The van der Waals surface area contributed by atoms with Gasteiger partial charge >= 0.3 is 0 Å². The lowest BCUT2D eigenvalue weighted by atomic mass is 10.0. The summed E-state index contributed by atoms with van der Waals surface area (Å²) in [6.45, 7) is 0. The van der Waals surface area contributed by atoms with Gasteiger partial charge in [-0.05, 0) is 76.3 Å². The minimum atomic E-state index is 0.967. The van der Waals surface area contributed by atoms with E-state index in [1.165, 1.54) is 16.3 Å². The fourth-order valence-corrected chi connectivity index (χ4v) is 3.45. The van der Waals surface area contributed by atoms with Crippen molar-refractivity contribution < 1.29 is 0 Å². The summed E-state index contributed by atoms with van der Waals surface area (Å²) in [6.07, 6.45) is 0.967. The van der Waals surface area contributed by atoms with Gasteiger partial charge < -0.3 is 0 Å². The summed E-state index contributed by atoms with van der Waals surface area (Å²) in [6, 6.07) is 29.2. The van der Waals surface area contributed by atoms with Crippen LogP contribution in [0.15, 0.2) is 84.9 Å². The fourth-order valence-electron chi connectivity index (χ4n) is 2.98. The van der Waals surface area contributed by atoms with Crippen LogP contribution in [0.3, 0.4) is 0 Å². The van der Waals surface area contributed by atoms with Gasteiger partial charge in [-0.25, -0.2) is 0 Å². The van der Waals surface area contributed by atoms with Crippen molar-refractivity contribution in [2.24, 2.45) is 0 Å². The molecule has 0 N–H and O–H groups in total. The molecule has 4 rings (SSSR count). The van der Waals surface area contributed by atoms with Crippen LogP contribution in [0.25, 0.3) is 10.8 Å². The van der Waals surface area contributed by atoms with E-state index in [4.69, 9.17) is 0 Å². The molecule has 4 aromatic rings. The molecule has 0 radical (unpaired) electrons. The molecule has 0 aromatic heterocycles. The molecule has 2 unspecified atom stereocenters. The normalized spacial score (nSPS) is 10.0.